The van der Waals surface area contributed by atoms with Crippen LogP contribution in [-0.4, -0.2) is 18.9 Å². The number of nitrogens with zero attached hydrogens (tertiary/aromatic N) is 3. The second kappa shape index (κ2) is 6.49. The summed E-state index contributed by atoms with van der Waals surface area (Å²) in [4.78, 5) is 4.27. The Morgan fingerprint density at radius 3 is 2.50 bits per heavy atom. The summed E-state index contributed by atoms with van der Waals surface area (Å²) in [6.45, 7) is 0.600. The maximum absolute atomic E-state index is 11.3. The summed E-state index contributed by atoms with van der Waals surface area (Å²) in [6, 6.07) is 21.9. The molecule has 2 N–H and O–H groups in total. The van der Waals surface area contributed by atoms with Gasteiger partial charge in [-0.15, -0.1) is 0 Å². The first-order chi connectivity index (χ1) is 13.8. The van der Waals surface area contributed by atoms with Crippen molar-refractivity contribution < 1.29 is 14.4 Å². The van der Waals surface area contributed by atoms with E-state index in [1.54, 1.807) is 7.11 Å². The fourth-order valence-corrected chi connectivity index (χ4v) is 3.85. The van der Waals surface area contributed by atoms with Crippen LogP contribution in [0.1, 0.15) is 6.17 Å². The highest BCUT2D eigenvalue weighted by Gasteiger charge is 2.43. The zero-order chi connectivity index (χ0) is 19.1. The standard InChI is InChI=1S/C22H20N4O2/c1-28-17-11-9-16(10-12-17)25-15-26-19-8-4-3-7-18(19)23-21(26)20(27)22(25)24-13-5-2-6-14-24/h2-14,22-23H,15H2,1H3/p+1/t22-/m0/s1. The Labute approximate surface area is 163 Å². The van der Waals surface area contributed by atoms with Gasteiger partial charge in [-0.3, -0.25) is 4.90 Å². The third-order valence-electron chi connectivity index (χ3n) is 5.22. The van der Waals surface area contributed by atoms with E-state index in [1.807, 2.05) is 77.6 Å². The van der Waals surface area contributed by atoms with Gasteiger partial charge in [0.1, 0.15) is 12.4 Å². The number of ether oxygens (including phenoxy) is 1. The minimum Gasteiger partial charge on any atom is -0.502 e. The van der Waals surface area contributed by atoms with Crippen LogP contribution in [0.3, 0.4) is 0 Å². The van der Waals surface area contributed by atoms with Gasteiger partial charge in [-0.2, -0.15) is 4.57 Å². The van der Waals surface area contributed by atoms with E-state index < -0.39 is 0 Å². The molecule has 140 valence electrons. The van der Waals surface area contributed by atoms with Crippen LogP contribution in [0.25, 0.3) is 0 Å². The fourth-order valence-electron chi connectivity index (χ4n) is 3.85. The summed E-state index contributed by atoms with van der Waals surface area (Å²) in [7, 11) is 1.66. The summed E-state index contributed by atoms with van der Waals surface area (Å²) < 4.78 is 7.31. The number of hydrogen-bond acceptors (Lipinski definition) is 5. The SMILES string of the molecule is COc1ccc(N2CN3C(=C(O)[C@H]2[n+]2ccccc2)Nc2ccccc23)cc1. The molecular formula is C22H21N4O2+. The van der Waals surface area contributed by atoms with Gasteiger partial charge in [0.25, 0.3) is 6.17 Å². The van der Waals surface area contributed by atoms with Crippen LogP contribution in [-0.2, 0) is 0 Å². The molecule has 0 aliphatic carbocycles. The highest BCUT2D eigenvalue weighted by molar-refractivity contribution is 5.82. The monoisotopic (exact) mass is 373 g/mol. The topological polar surface area (TPSA) is 51.9 Å². The summed E-state index contributed by atoms with van der Waals surface area (Å²) >= 11 is 0. The van der Waals surface area contributed by atoms with Gasteiger partial charge in [0.15, 0.2) is 18.2 Å². The Morgan fingerprint density at radius 1 is 1.00 bits per heavy atom. The zero-order valence-corrected chi connectivity index (χ0v) is 15.5. The molecule has 0 radical (unpaired) electrons. The van der Waals surface area contributed by atoms with Crippen molar-refractivity contribution in [2.45, 2.75) is 6.17 Å². The number of fused-ring (bicyclic) bond motifs is 3. The lowest BCUT2D eigenvalue weighted by atomic mass is 10.2. The number of aromatic nitrogens is 1. The van der Waals surface area contributed by atoms with Crippen molar-refractivity contribution in [1.29, 1.82) is 0 Å². The molecule has 2 aliphatic heterocycles. The number of methoxy groups -OCH3 is 1. The van der Waals surface area contributed by atoms with Gasteiger partial charge in [0.2, 0.25) is 5.76 Å². The van der Waals surface area contributed by atoms with E-state index in [0.717, 1.165) is 28.6 Å². The number of pyridine rings is 1. The number of para-hydroxylation sites is 2. The third kappa shape index (κ3) is 2.53. The van der Waals surface area contributed by atoms with Crippen molar-refractivity contribution in [2.24, 2.45) is 0 Å². The molecule has 6 heteroatoms. The van der Waals surface area contributed by atoms with Crippen LogP contribution in [0.15, 0.2) is 90.7 Å². The van der Waals surface area contributed by atoms with E-state index >= 15 is 0 Å². The summed E-state index contributed by atoms with van der Waals surface area (Å²) in [6.07, 6.45) is 3.58. The number of aliphatic hydroxyl groups excluding tert-OH is 1. The Balaban J connectivity index is 1.64. The molecule has 0 spiro atoms. The molecule has 5 rings (SSSR count). The first-order valence-electron chi connectivity index (χ1n) is 9.19. The molecule has 0 saturated carbocycles. The Kier molecular flexibility index (Phi) is 3.83. The second-order valence-electron chi connectivity index (χ2n) is 6.81. The van der Waals surface area contributed by atoms with E-state index in [4.69, 9.17) is 4.74 Å². The minimum atomic E-state index is -0.359. The Morgan fingerprint density at radius 2 is 1.75 bits per heavy atom. The van der Waals surface area contributed by atoms with Crippen LogP contribution < -0.4 is 24.4 Å². The number of rotatable bonds is 3. The Hall–Kier alpha value is -3.67. The van der Waals surface area contributed by atoms with Crippen LogP contribution in [0.5, 0.6) is 5.75 Å². The lowest BCUT2D eigenvalue weighted by molar-refractivity contribution is -0.717. The number of anilines is 3. The number of aliphatic hydroxyl groups is 1. The minimum absolute atomic E-state index is 0.273. The van der Waals surface area contributed by atoms with Crippen molar-refractivity contribution in [3.63, 3.8) is 0 Å². The highest BCUT2D eigenvalue weighted by atomic mass is 16.5. The molecule has 1 aromatic heterocycles. The van der Waals surface area contributed by atoms with Gasteiger partial charge in [-0.05, 0) is 36.4 Å². The van der Waals surface area contributed by atoms with Crippen molar-refractivity contribution in [1.82, 2.24) is 0 Å². The molecule has 2 aliphatic rings. The lowest BCUT2D eigenvalue weighted by Crippen LogP contribution is -2.57. The van der Waals surface area contributed by atoms with E-state index in [0.29, 0.717) is 6.67 Å². The van der Waals surface area contributed by atoms with Gasteiger partial charge in [0.05, 0.1) is 18.5 Å². The molecule has 0 unspecified atom stereocenters. The quantitative estimate of drug-likeness (QED) is 0.687. The Bertz CT molecular complexity index is 1030. The van der Waals surface area contributed by atoms with E-state index in [1.165, 1.54) is 0 Å². The van der Waals surface area contributed by atoms with Gasteiger partial charge < -0.3 is 20.1 Å². The van der Waals surface area contributed by atoms with E-state index in [2.05, 4.69) is 21.2 Å². The van der Waals surface area contributed by atoms with Gasteiger partial charge >= 0.3 is 0 Å². The molecule has 6 nitrogen and oxygen atoms in total. The zero-order valence-electron chi connectivity index (χ0n) is 15.5. The molecule has 0 amide bonds. The van der Waals surface area contributed by atoms with Crippen LogP contribution in [0, 0.1) is 0 Å². The average Bonchev–Trinajstić information content (AvgIpc) is 3.13. The summed E-state index contributed by atoms with van der Waals surface area (Å²) in [5.74, 6) is 1.81. The van der Waals surface area contributed by atoms with Crippen LogP contribution in [0.2, 0.25) is 0 Å². The molecular weight excluding hydrogens is 352 g/mol. The van der Waals surface area contributed by atoms with Crippen LogP contribution in [0.4, 0.5) is 17.1 Å². The third-order valence-corrected chi connectivity index (χ3v) is 5.22. The smallest absolute Gasteiger partial charge is 0.297 e. The molecule has 2 aromatic carbocycles. The largest absolute Gasteiger partial charge is 0.502 e. The molecule has 0 saturated heterocycles. The highest BCUT2D eigenvalue weighted by Crippen LogP contribution is 2.42. The maximum Gasteiger partial charge on any atom is 0.297 e. The molecule has 0 bridgehead atoms. The summed E-state index contributed by atoms with van der Waals surface area (Å²) in [5, 5.41) is 14.7. The average molecular weight is 373 g/mol. The second-order valence-corrected chi connectivity index (χ2v) is 6.81. The molecule has 0 fully saturated rings. The van der Waals surface area contributed by atoms with Crippen molar-refractivity contribution >= 4 is 17.1 Å². The predicted molar refractivity (Wildman–Crippen MR) is 108 cm³/mol. The number of nitrogens with one attached hydrogen (secondary N) is 1. The van der Waals surface area contributed by atoms with Crippen molar-refractivity contribution in [3.8, 4) is 5.75 Å². The fraction of sp³-hybridized carbons (Fsp3) is 0.136. The van der Waals surface area contributed by atoms with E-state index in [-0.39, 0.29) is 11.9 Å². The molecule has 28 heavy (non-hydrogen) atoms. The molecule has 1 atom stereocenters. The van der Waals surface area contributed by atoms with Gasteiger partial charge in [-0.1, -0.05) is 18.2 Å². The van der Waals surface area contributed by atoms with E-state index in [9.17, 15) is 5.11 Å². The first-order valence-corrected chi connectivity index (χ1v) is 9.19. The summed E-state index contributed by atoms with van der Waals surface area (Å²) in [5.41, 5.74) is 3.05. The van der Waals surface area contributed by atoms with Crippen LogP contribution >= 0.6 is 0 Å². The molecule has 3 heterocycles. The predicted octanol–water partition coefficient (Wildman–Crippen LogP) is 3.62. The van der Waals surface area contributed by atoms with Crippen molar-refractivity contribution in [2.75, 3.05) is 28.9 Å². The van der Waals surface area contributed by atoms with Gasteiger partial charge in [-0.25, -0.2) is 0 Å². The van der Waals surface area contributed by atoms with Gasteiger partial charge in [0, 0.05) is 17.8 Å². The number of benzene rings is 2. The van der Waals surface area contributed by atoms with Crippen molar-refractivity contribution in [3.05, 3.63) is 90.7 Å². The maximum atomic E-state index is 11.3. The first kappa shape index (κ1) is 16.5. The normalized spacial score (nSPS) is 17.8. The molecule has 3 aromatic rings. The number of hydrogen-bond donors (Lipinski definition) is 2. The lowest BCUT2D eigenvalue weighted by Gasteiger charge is -2.38.